The van der Waals surface area contributed by atoms with E-state index in [1.54, 1.807) is 18.2 Å². The minimum atomic E-state index is -3.90. The molecule has 0 aliphatic carbocycles. The molecule has 1 fully saturated rings. The van der Waals surface area contributed by atoms with Crippen LogP contribution in [-0.2, 0) is 10.0 Å². The fourth-order valence-corrected chi connectivity index (χ4v) is 5.07. The summed E-state index contributed by atoms with van der Waals surface area (Å²) in [5, 5.41) is 3.62. The number of ether oxygens (including phenoxy) is 3. The number of hydrogen-bond donors (Lipinski definition) is 2. The third kappa shape index (κ3) is 4.65. The van der Waals surface area contributed by atoms with Crippen molar-refractivity contribution in [2.75, 3.05) is 32.0 Å². The van der Waals surface area contributed by atoms with Crippen molar-refractivity contribution in [2.24, 2.45) is 0 Å². The summed E-state index contributed by atoms with van der Waals surface area (Å²) in [6.45, 7) is 1.60. The van der Waals surface area contributed by atoms with Crippen molar-refractivity contribution in [2.45, 2.75) is 17.4 Å². The van der Waals surface area contributed by atoms with Gasteiger partial charge in [-0.05, 0) is 47.1 Å². The monoisotopic (exact) mass is 490 g/mol. The summed E-state index contributed by atoms with van der Waals surface area (Å²) in [4.78, 5) is 0.0163. The first-order chi connectivity index (χ1) is 13.3. The van der Waals surface area contributed by atoms with E-state index in [1.807, 2.05) is 0 Å². The highest BCUT2D eigenvalue weighted by atomic mass is 79.9. The van der Waals surface area contributed by atoms with E-state index in [9.17, 15) is 8.42 Å². The lowest BCUT2D eigenvalue weighted by Gasteiger charge is -2.16. The molecule has 152 valence electrons. The summed E-state index contributed by atoms with van der Waals surface area (Å²) in [5.74, 6) is 1.16. The second-order valence-electron chi connectivity index (χ2n) is 6.12. The molecule has 0 aromatic heterocycles. The molecule has 0 amide bonds. The number of rotatable bonds is 7. The summed E-state index contributed by atoms with van der Waals surface area (Å²) in [6.07, 6.45) is 0.870. The second-order valence-corrected chi connectivity index (χ2v) is 9.03. The average molecular weight is 492 g/mol. The fraction of sp³-hybridized carbons (Fsp3) is 0.333. The summed E-state index contributed by atoms with van der Waals surface area (Å²) >= 11 is 9.48. The van der Waals surface area contributed by atoms with Gasteiger partial charge in [0.2, 0.25) is 0 Å². The minimum absolute atomic E-state index is 0.00403. The van der Waals surface area contributed by atoms with Crippen LogP contribution in [0.25, 0.3) is 0 Å². The Morgan fingerprint density at radius 2 is 1.86 bits per heavy atom. The molecule has 2 aromatic rings. The Hall–Kier alpha value is -1.68. The molecule has 2 N–H and O–H groups in total. The minimum Gasteiger partial charge on any atom is -0.493 e. The molecule has 10 heteroatoms. The molecule has 0 spiro atoms. The zero-order valence-electron chi connectivity index (χ0n) is 15.3. The van der Waals surface area contributed by atoms with Gasteiger partial charge in [-0.3, -0.25) is 4.72 Å². The van der Waals surface area contributed by atoms with Gasteiger partial charge in [-0.1, -0.05) is 11.6 Å². The standard InChI is InChI=1S/C18H20BrClN2O5S/c1-25-16-8-13(19)18(9-17(16)26-2)28(23,24)22-11-3-4-14(20)15(7-11)27-12-5-6-21-10-12/h3-4,7-9,12,21-22H,5-6,10H2,1-2H3/t12-/m1/s1. The van der Waals surface area contributed by atoms with Gasteiger partial charge < -0.3 is 19.5 Å². The van der Waals surface area contributed by atoms with E-state index >= 15 is 0 Å². The van der Waals surface area contributed by atoms with Gasteiger partial charge >= 0.3 is 0 Å². The third-order valence-electron chi connectivity index (χ3n) is 4.22. The smallest absolute Gasteiger partial charge is 0.263 e. The Balaban J connectivity index is 1.88. The summed E-state index contributed by atoms with van der Waals surface area (Å²) < 4.78 is 45.0. The van der Waals surface area contributed by atoms with Crippen LogP contribution in [0.1, 0.15) is 6.42 Å². The normalized spacial score (nSPS) is 16.6. The predicted octanol–water partition coefficient (Wildman–Crippen LogP) is 3.66. The van der Waals surface area contributed by atoms with Crippen LogP contribution in [0.4, 0.5) is 5.69 Å². The second kappa shape index (κ2) is 8.77. The van der Waals surface area contributed by atoms with E-state index in [0.29, 0.717) is 32.4 Å². The maximum absolute atomic E-state index is 12.9. The van der Waals surface area contributed by atoms with E-state index in [4.69, 9.17) is 25.8 Å². The average Bonchev–Trinajstić information content (AvgIpc) is 3.16. The van der Waals surface area contributed by atoms with Gasteiger partial charge in [-0.25, -0.2) is 8.42 Å². The molecule has 3 rings (SSSR count). The van der Waals surface area contributed by atoms with Crippen LogP contribution in [0.5, 0.6) is 17.2 Å². The first-order valence-electron chi connectivity index (χ1n) is 8.45. The van der Waals surface area contributed by atoms with E-state index in [2.05, 4.69) is 26.0 Å². The molecular formula is C18H20BrClN2O5S. The number of halogens is 2. The highest BCUT2D eigenvalue weighted by Gasteiger charge is 2.23. The van der Waals surface area contributed by atoms with E-state index in [0.717, 1.165) is 19.5 Å². The lowest BCUT2D eigenvalue weighted by Crippen LogP contribution is -2.20. The van der Waals surface area contributed by atoms with Crippen LogP contribution in [-0.4, -0.2) is 41.8 Å². The topological polar surface area (TPSA) is 85.9 Å². The molecule has 1 aliphatic heterocycles. The Kier molecular flexibility index (Phi) is 6.59. The Morgan fingerprint density at radius 3 is 2.50 bits per heavy atom. The van der Waals surface area contributed by atoms with Crippen molar-refractivity contribution in [3.63, 3.8) is 0 Å². The zero-order chi connectivity index (χ0) is 20.3. The van der Waals surface area contributed by atoms with Crippen molar-refractivity contribution in [3.05, 3.63) is 39.8 Å². The number of methoxy groups -OCH3 is 2. The third-order valence-corrected chi connectivity index (χ3v) is 6.87. The Morgan fingerprint density at radius 1 is 1.14 bits per heavy atom. The molecule has 28 heavy (non-hydrogen) atoms. The molecule has 1 aliphatic rings. The van der Waals surface area contributed by atoms with Gasteiger partial charge in [-0.15, -0.1) is 0 Å². The van der Waals surface area contributed by atoms with Gasteiger partial charge in [0.05, 0.1) is 24.9 Å². The molecule has 7 nitrogen and oxygen atoms in total. The molecule has 0 radical (unpaired) electrons. The van der Waals surface area contributed by atoms with Crippen molar-refractivity contribution in [3.8, 4) is 17.2 Å². The van der Waals surface area contributed by atoms with E-state index in [1.165, 1.54) is 26.4 Å². The number of nitrogens with one attached hydrogen (secondary N) is 2. The van der Waals surface area contributed by atoms with Gasteiger partial charge in [0.15, 0.2) is 11.5 Å². The zero-order valence-corrected chi connectivity index (χ0v) is 18.4. The Labute approximate surface area is 177 Å². The molecule has 1 heterocycles. The summed E-state index contributed by atoms with van der Waals surface area (Å²) in [5.41, 5.74) is 0.340. The molecule has 2 aromatic carbocycles. The van der Waals surface area contributed by atoms with Gasteiger partial charge in [0.25, 0.3) is 10.0 Å². The molecular weight excluding hydrogens is 472 g/mol. The highest BCUT2D eigenvalue weighted by Crippen LogP contribution is 2.37. The van der Waals surface area contributed by atoms with Crippen LogP contribution in [0.3, 0.4) is 0 Å². The summed E-state index contributed by atoms with van der Waals surface area (Å²) in [7, 11) is -0.983. The Bertz CT molecular complexity index is 965. The van der Waals surface area contributed by atoms with Crippen molar-refractivity contribution < 1.29 is 22.6 Å². The number of anilines is 1. The molecule has 1 saturated heterocycles. The lowest BCUT2D eigenvalue weighted by atomic mass is 10.3. The maximum Gasteiger partial charge on any atom is 0.263 e. The van der Waals surface area contributed by atoms with E-state index < -0.39 is 10.0 Å². The van der Waals surface area contributed by atoms with Crippen LogP contribution in [0.2, 0.25) is 5.02 Å². The van der Waals surface area contributed by atoms with Crippen LogP contribution >= 0.6 is 27.5 Å². The number of hydrogen-bond acceptors (Lipinski definition) is 6. The highest BCUT2D eigenvalue weighted by molar-refractivity contribution is 9.10. The molecule has 0 saturated carbocycles. The van der Waals surface area contributed by atoms with Crippen LogP contribution < -0.4 is 24.2 Å². The SMILES string of the molecule is COc1cc(Br)c(S(=O)(=O)Nc2ccc(Cl)c(O[C@@H]3CCNC3)c2)cc1OC. The van der Waals surface area contributed by atoms with Crippen molar-refractivity contribution >= 4 is 43.2 Å². The predicted molar refractivity (Wildman–Crippen MR) is 111 cm³/mol. The van der Waals surface area contributed by atoms with Crippen LogP contribution in [0.15, 0.2) is 39.7 Å². The van der Waals surface area contributed by atoms with E-state index in [-0.39, 0.29) is 11.0 Å². The number of benzene rings is 2. The maximum atomic E-state index is 12.9. The lowest BCUT2D eigenvalue weighted by molar-refractivity contribution is 0.223. The largest absolute Gasteiger partial charge is 0.493 e. The first kappa shape index (κ1) is 21.0. The number of sulfonamides is 1. The van der Waals surface area contributed by atoms with Gasteiger partial charge in [-0.2, -0.15) is 0 Å². The quantitative estimate of drug-likeness (QED) is 0.615. The van der Waals surface area contributed by atoms with Gasteiger partial charge in [0, 0.05) is 23.2 Å². The molecule has 1 atom stereocenters. The van der Waals surface area contributed by atoms with Crippen LogP contribution in [0, 0.1) is 0 Å². The summed E-state index contributed by atoms with van der Waals surface area (Å²) in [6, 6.07) is 7.68. The van der Waals surface area contributed by atoms with Crippen molar-refractivity contribution in [1.82, 2.24) is 5.32 Å². The molecule has 0 bridgehead atoms. The fourth-order valence-electron chi connectivity index (χ4n) is 2.82. The van der Waals surface area contributed by atoms with Crippen molar-refractivity contribution in [1.29, 1.82) is 0 Å². The molecule has 0 unspecified atom stereocenters. The van der Waals surface area contributed by atoms with Gasteiger partial charge in [0.1, 0.15) is 16.7 Å². The first-order valence-corrected chi connectivity index (χ1v) is 11.1.